The molecule has 1 nitrogen and oxygen atoms in total. The third kappa shape index (κ3) is 4.04. The smallest absolute Gasteiger partial charge is 0.137 e. The molecule has 0 fully saturated rings. The molecular formula is C13H10Cl2OS2. The van der Waals surface area contributed by atoms with Gasteiger partial charge in [-0.25, -0.2) is 0 Å². The van der Waals surface area contributed by atoms with Gasteiger partial charge in [-0.05, 0) is 51.8 Å². The van der Waals surface area contributed by atoms with Crippen molar-refractivity contribution in [3.63, 3.8) is 0 Å². The summed E-state index contributed by atoms with van der Waals surface area (Å²) in [5.74, 6) is 0.399. The fourth-order valence-electron chi connectivity index (χ4n) is 1.36. The predicted octanol–water partition coefficient (Wildman–Crippen LogP) is 4.97. The maximum Gasteiger partial charge on any atom is 0.137 e. The minimum absolute atomic E-state index is 0.399. The Kier molecular flexibility index (Phi) is 5.15. The maximum absolute atomic E-state index is 11.9. The number of halogens is 2. The standard InChI is InChI=1S/C13H10Cl2OS2/c14-12-2-1-11(13(15)7-12)9-18(16)6-4-10-3-5-17-8-10/h1-8H,9H2/b6-4+. The highest BCUT2D eigenvalue weighted by Crippen LogP contribution is 2.23. The summed E-state index contributed by atoms with van der Waals surface area (Å²) in [5, 5.41) is 6.82. The van der Waals surface area contributed by atoms with Crippen molar-refractivity contribution in [1.29, 1.82) is 0 Å². The van der Waals surface area contributed by atoms with Gasteiger partial charge in [0.15, 0.2) is 0 Å². The Labute approximate surface area is 123 Å². The van der Waals surface area contributed by atoms with Gasteiger partial charge in [0.25, 0.3) is 0 Å². The maximum atomic E-state index is 11.9. The van der Waals surface area contributed by atoms with E-state index in [9.17, 15) is 4.55 Å². The van der Waals surface area contributed by atoms with Crippen molar-refractivity contribution in [1.82, 2.24) is 0 Å². The molecule has 5 heteroatoms. The number of benzene rings is 1. The highest BCUT2D eigenvalue weighted by Gasteiger charge is 2.08. The summed E-state index contributed by atoms with van der Waals surface area (Å²) in [4.78, 5) is 0. The molecule has 0 N–H and O–H groups in total. The molecule has 2 rings (SSSR count). The first-order valence-electron chi connectivity index (χ1n) is 5.16. The molecule has 0 bridgehead atoms. The van der Waals surface area contributed by atoms with Crippen LogP contribution in [-0.4, -0.2) is 4.55 Å². The molecule has 0 radical (unpaired) electrons. The normalized spacial score (nSPS) is 13.1. The minimum Gasteiger partial charge on any atom is -0.612 e. The lowest BCUT2D eigenvalue weighted by Gasteiger charge is -2.07. The van der Waals surface area contributed by atoms with Gasteiger partial charge in [-0.1, -0.05) is 29.3 Å². The Morgan fingerprint density at radius 2 is 2.11 bits per heavy atom. The molecule has 1 aromatic carbocycles. The Morgan fingerprint density at radius 3 is 2.78 bits per heavy atom. The molecule has 0 saturated heterocycles. The van der Waals surface area contributed by atoms with Crippen molar-refractivity contribution in [3.8, 4) is 0 Å². The molecule has 2 aromatic rings. The summed E-state index contributed by atoms with van der Waals surface area (Å²) in [6.45, 7) is 0. The minimum atomic E-state index is -1.08. The van der Waals surface area contributed by atoms with E-state index in [4.69, 9.17) is 23.2 Å². The number of rotatable bonds is 4. The van der Waals surface area contributed by atoms with E-state index in [2.05, 4.69) is 0 Å². The predicted molar refractivity (Wildman–Crippen MR) is 81.7 cm³/mol. The van der Waals surface area contributed by atoms with E-state index in [0.29, 0.717) is 15.8 Å². The van der Waals surface area contributed by atoms with Crippen molar-refractivity contribution < 1.29 is 4.55 Å². The van der Waals surface area contributed by atoms with Crippen LogP contribution in [0.3, 0.4) is 0 Å². The zero-order valence-electron chi connectivity index (χ0n) is 9.31. The van der Waals surface area contributed by atoms with E-state index >= 15 is 0 Å². The van der Waals surface area contributed by atoms with Crippen LogP contribution in [0, 0.1) is 0 Å². The molecule has 1 unspecified atom stereocenters. The summed E-state index contributed by atoms with van der Waals surface area (Å²) in [7, 11) is 0. The molecular weight excluding hydrogens is 307 g/mol. The van der Waals surface area contributed by atoms with E-state index in [1.165, 1.54) is 0 Å². The van der Waals surface area contributed by atoms with Crippen molar-refractivity contribution in [2.45, 2.75) is 5.75 Å². The lowest BCUT2D eigenvalue weighted by Crippen LogP contribution is -2.00. The number of hydrogen-bond acceptors (Lipinski definition) is 2. The van der Waals surface area contributed by atoms with Crippen molar-refractivity contribution >= 4 is 51.8 Å². The van der Waals surface area contributed by atoms with E-state index < -0.39 is 11.2 Å². The summed E-state index contributed by atoms with van der Waals surface area (Å²) >= 11 is 12.4. The van der Waals surface area contributed by atoms with Gasteiger partial charge in [-0.15, -0.1) is 0 Å². The molecule has 0 aliphatic rings. The Balaban J connectivity index is 2.00. The van der Waals surface area contributed by atoms with Gasteiger partial charge in [0, 0.05) is 15.6 Å². The average molecular weight is 317 g/mol. The topological polar surface area (TPSA) is 23.1 Å². The third-order valence-electron chi connectivity index (χ3n) is 2.27. The Morgan fingerprint density at radius 1 is 1.28 bits per heavy atom. The largest absolute Gasteiger partial charge is 0.612 e. The van der Waals surface area contributed by atoms with Crippen LogP contribution in [0.2, 0.25) is 10.0 Å². The number of thiophene rings is 1. The van der Waals surface area contributed by atoms with Crippen molar-refractivity contribution in [2.24, 2.45) is 0 Å². The molecule has 0 spiro atoms. The van der Waals surface area contributed by atoms with Crippen molar-refractivity contribution in [3.05, 3.63) is 61.6 Å². The van der Waals surface area contributed by atoms with Crippen LogP contribution in [0.15, 0.2) is 40.4 Å². The van der Waals surface area contributed by atoms with Crippen LogP contribution in [0.5, 0.6) is 0 Å². The fraction of sp³-hybridized carbons (Fsp3) is 0.0769. The third-order valence-corrected chi connectivity index (χ3v) is 4.59. The molecule has 0 aliphatic heterocycles. The molecule has 94 valence electrons. The van der Waals surface area contributed by atoms with Gasteiger partial charge in [-0.3, -0.25) is 0 Å². The second-order valence-corrected chi connectivity index (χ2v) is 6.57. The van der Waals surface area contributed by atoms with Gasteiger partial charge in [0.2, 0.25) is 0 Å². The first kappa shape index (κ1) is 14.0. The number of hydrogen-bond donors (Lipinski definition) is 0. The van der Waals surface area contributed by atoms with Gasteiger partial charge < -0.3 is 4.55 Å². The van der Waals surface area contributed by atoms with Crippen LogP contribution in [0.1, 0.15) is 11.1 Å². The van der Waals surface area contributed by atoms with Gasteiger partial charge in [0.1, 0.15) is 11.2 Å². The lowest BCUT2D eigenvalue weighted by molar-refractivity contribution is 0.603. The van der Waals surface area contributed by atoms with E-state index in [0.717, 1.165) is 11.1 Å². The van der Waals surface area contributed by atoms with E-state index in [1.807, 2.05) is 22.9 Å². The van der Waals surface area contributed by atoms with Gasteiger partial charge >= 0.3 is 0 Å². The zero-order chi connectivity index (χ0) is 13.0. The molecule has 1 atom stereocenters. The summed E-state index contributed by atoms with van der Waals surface area (Å²) < 4.78 is 11.9. The Bertz CT molecular complexity index is 538. The first-order valence-corrected chi connectivity index (χ1v) is 8.25. The molecule has 1 aromatic heterocycles. The van der Waals surface area contributed by atoms with Crippen LogP contribution < -0.4 is 0 Å². The van der Waals surface area contributed by atoms with E-state index in [1.54, 1.807) is 34.9 Å². The summed E-state index contributed by atoms with van der Waals surface area (Å²) in [6, 6.07) is 7.20. The second-order valence-electron chi connectivity index (χ2n) is 3.62. The van der Waals surface area contributed by atoms with Crippen LogP contribution >= 0.6 is 34.5 Å². The van der Waals surface area contributed by atoms with Gasteiger partial charge in [-0.2, -0.15) is 11.3 Å². The Hall–Kier alpha value is -0.450. The SMILES string of the molecule is [O-][S+](/C=C/c1ccsc1)Cc1ccc(Cl)cc1Cl. The van der Waals surface area contributed by atoms with Crippen LogP contribution in [-0.2, 0) is 16.9 Å². The molecule has 0 aliphatic carbocycles. The monoisotopic (exact) mass is 316 g/mol. The fourth-order valence-corrected chi connectivity index (χ4v) is 3.51. The summed E-state index contributed by atoms with van der Waals surface area (Å²) in [6.07, 6.45) is 1.86. The lowest BCUT2D eigenvalue weighted by atomic mass is 10.2. The average Bonchev–Trinajstić information content (AvgIpc) is 2.83. The first-order chi connectivity index (χ1) is 8.65. The molecule has 18 heavy (non-hydrogen) atoms. The zero-order valence-corrected chi connectivity index (χ0v) is 12.5. The highest BCUT2D eigenvalue weighted by molar-refractivity contribution is 7.93. The summed E-state index contributed by atoms with van der Waals surface area (Å²) in [5.41, 5.74) is 1.91. The van der Waals surface area contributed by atoms with Crippen LogP contribution in [0.4, 0.5) is 0 Å². The van der Waals surface area contributed by atoms with E-state index in [-0.39, 0.29) is 0 Å². The highest BCUT2D eigenvalue weighted by atomic mass is 35.5. The molecule has 1 heterocycles. The second kappa shape index (κ2) is 6.64. The molecule has 0 saturated carbocycles. The van der Waals surface area contributed by atoms with Gasteiger partial charge in [0.05, 0.1) is 0 Å². The quantitative estimate of drug-likeness (QED) is 0.730. The van der Waals surface area contributed by atoms with Crippen LogP contribution in [0.25, 0.3) is 6.08 Å². The molecule has 0 amide bonds. The van der Waals surface area contributed by atoms with Crippen molar-refractivity contribution in [2.75, 3.05) is 0 Å².